The number of ether oxygens (including phenoxy) is 1. The number of oxazole rings is 1. The van der Waals surface area contributed by atoms with E-state index >= 15 is 0 Å². The smallest absolute Gasteiger partial charge is 0.407 e. The second-order valence-electron chi connectivity index (χ2n) is 5.95. The summed E-state index contributed by atoms with van der Waals surface area (Å²) >= 11 is 0. The molecule has 1 spiro atoms. The predicted molar refractivity (Wildman–Crippen MR) is 77.6 cm³/mol. The van der Waals surface area contributed by atoms with Gasteiger partial charge in [-0.05, 0) is 19.8 Å². The van der Waals surface area contributed by atoms with Gasteiger partial charge in [-0.25, -0.2) is 9.78 Å². The molecule has 0 saturated carbocycles. The van der Waals surface area contributed by atoms with Crippen molar-refractivity contribution in [2.45, 2.75) is 45.1 Å². The van der Waals surface area contributed by atoms with Crippen LogP contribution in [0.1, 0.15) is 48.3 Å². The normalized spacial score (nSPS) is 25.0. The van der Waals surface area contributed by atoms with Gasteiger partial charge in [-0.1, -0.05) is 6.92 Å². The third kappa shape index (κ3) is 2.67. The molecular weight excluding hydrogens is 286 g/mol. The Kier molecular flexibility index (Phi) is 3.80. The van der Waals surface area contributed by atoms with Gasteiger partial charge in [0.05, 0.1) is 12.2 Å². The Morgan fingerprint density at radius 2 is 2.23 bits per heavy atom. The van der Waals surface area contributed by atoms with Crippen molar-refractivity contribution in [3.8, 4) is 0 Å². The summed E-state index contributed by atoms with van der Waals surface area (Å²) in [6.45, 7) is 5.44. The van der Waals surface area contributed by atoms with Crippen LogP contribution < -0.4 is 5.32 Å². The summed E-state index contributed by atoms with van der Waals surface area (Å²) in [5.74, 6) is 0.787. The van der Waals surface area contributed by atoms with Gasteiger partial charge < -0.3 is 19.4 Å². The van der Waals surface area contributed by atoms with Gasteiger partial charge in [-0.15, -0.1) is 0 Å². The van der Waals surface area contributed by atoms with Gasteiger partial charge in [0, 0.05) is 25.9 Å². The number of amides is 2. The highest BCUT2D eigenvalue weighted by Gasteiger charge is 2.42. The molecule has 0 unspecified atom stereocenters. The van der Waals surface area contributed by atoms with Crippen molar-refractivity contribution in [2.75, 3.05) is 19.6 Å². The van der Waals surface area contributed by atoms with Crippen molar-refractivity contribution in [3.63, 3.8) is 0 Å². The van der Waals surface area contributed by atoms with Gasteiger partial charge in [0.25, 0.3) is 5.91 Å². The summed E-state index contributed by atoms with van der Waals surface area (Å²) in [5.41, 5.74) is 0.173. The molecule has 0 radical (unpaired) electrons. The first kappa shape index (κ1) is 14.9. The first-order valence-electron chi connectivity index (χ1n) is 7.75. The lowest BCUT2D eigenvalue weighted by atomic mass is 9.95. The number of likely N-dealkylation sites (tertiary alicyclic amines) is 1. The first-order chi connectivity index (χ1) is 10.5. The minimum atomic E-state index is -0.461. The number of hydrogen-bond acceptors (Lipinski definition) is 5. The van der Waals surface area contributed by atoms with E-state index in [-0.39, 0.29) is 12.0 Å². The molecule has 120 valence electrons. The van der Waals surface area contributed by atoms with Gasteiger partial charge in [0.2, 0.25) is 5.76 Å². The van der Waals surface area contributed by atoms with E-state index in [0.29, 0.717) is 49.8 Å². The van der Waals surface area contributed by atoms with Crippen LogP contribution in [-0.2, 0) is 11.2 Å². The highest BCUT2D eigenvalue weighted by molar-refractivity contribution is 5.92. The Balaban J connectivity index is 1.71. The summed E-state index contributed by atoms with van der Waals surface area (Å²) in [7, 11) is 0. The molecule has 2 saturated heterocycles. The molecule has 0 aliphatic carbocycles. The highest BCUT2D eigenvalue weighted by Crippen LogP contribution is 2.30. The molecule has 22 heavy (non-hydrogen) atoms. The van der Waals surface area contributed by atoms with Crippen LogP contribution in [0, 0.1) is 6.92 Å². The maximum Gasteiger partial charge on any atom is 0.407 e. The van der Waals surface area contributed by atoms with E-state index in [1.807, 2.05) is 6.92 Å². The standard InChI is InChI=1S/C15H21N3O4/c1-3-11-17-10(2)12(21-11)13(19)18-7-4-5-15(6-8-18)9-16-14(20)22-15/h3-9H2,1-2H3,(H,16,20)/t15-/m1/s1. The number of nitrogens with one attached hydrogen (secondary N) is 1. The Labute approximate surface area is 129 Å². The minimum Gasteiger partial charge on any atom is -0.441 e. The fourth-order valence-corrected chi connectivity index (χ4v) is 3.10. The minimum absolute atomic E-state index is 0.126. The van der Waals surface area contributed by atoms with Crippen LogP contribution in [0.4, 0.5) is 4.79 Å². The molecule has 7 heteroatoms. The topological polar surface area (TPSA) is 84.7 Å². The molecule has 7 nitrogen and oxygen atoms in total. The fraction of sp³-hybridized carbons (Fsp3) is 0.667. The molecule has 2 amide bonds. The maximum atomic E-state index is 12.6. The van der Waals surface area contributed by atoms with Gasteiger partial charge in [0.1, 0.15) is 5.60 Å². The molecule has 2 aliphatic heterocycles. The number of aromatic nitrogens is 1. The number of nitrogens with zero attached hydrogens (tertiary/aromatic N) is 2. The maximum absolute atomic E-state index is 12.6. The van der Waals surface area contributed by atoms with Crippen molar-refractivity contribution in [1.29, 1.82) is 0 Å². The van der Waals surface area contributed by atoms with Gasteiger partial charge in [0.15, 0.2) is 5.89 Å². The molecular formula is C15H21N3O4. The van der Waals surface area contributed by atoms with Crippen LogP contribution in [0.2, 0.25) is 0 Å². The van der Waals surface area contributed by atoms with Crippen LogP contribution >= 0.6 is 0 Å². The quantitative estimate of drug-likeness (QED) is 0.898. The van der Waals surface area contributed by atoms with E-state index < -0.39 is 5.60 Å². The van der Waals surface area contributed by atoms with E-state index in [1.165, 1.54) is 0 Å². The van der Waals surface area contributed by atoms with Crippen LogP contribution in [0.25, 0.3) is 0 Å². The summed E-state index contributed by atoms with van der Waals surface area (Å²) in [4.78, 5) is 30.0. The monoisotopic (exact) mass is 307 g/mol. The molecule has 3 rings (SSSR count). The summed E-state index contributed by atoms with van der Waals surface area (Å²) in [5, 5.41) is 2.71. The zero-order valence-corrected chi connectivity index (χ0v) is 13.0. The number of carbonyl (C=O) groups excluding carboxylic acids is 2. The number of hydrogen-bond donors (Lipinski definition) is 1. The van der Waals surface area contributed by atoms with E-state index in [2.05, 4.69) is 10.3 Å². The molecule has 2 aliphatic rings. The average molecular weight is 307 g/mol. The van der Waals surface area contributed by atoms with E-state index in [9.17, 15) is 9.59 Å². The Morgan fingerprint density at radius 1 is 1.41 bits per heavy atom. The number of rotatable bonds is 2. The Hall–Kier alpha value is -2.05. The molecule has 0 aromatic carbocycles. The molecule has 0 bridgehead atoms. The largest absolute Gasteiger partial charge is 0.441 e. The van der Waals surface area contributed by atoms with E-state index in [4.69, 9.17) is 9.15 Å². The van der Waals surface area contributed by atoms with E-state index in [0.717, 1.165) is 12.8 Å². The number of alkyl carbamates (subject to hydrolysis) is 1. The van der Waals surface area contributed by atoms with Crippen molar-refractivity contribution in [3.05, 3.63) is 17.3 Å². The lowest BCUT2D eigenvalue weighted by molar-refractivity contribution is 0.0435. The molecule has 1 aromatic heterocycles. The van der Waals surface area contributed by atoms with E-state index in [1.54, 1.807) is 11.8 Å². The SMILES string of the molecule is CCc1nc(C)c(C(=O)N2CCC[C@@]3(CC2)CNC(=O)O3)o1. The summed E-state index contributed by atoms with van der Waals surface area (Å²) < 4.78 is 11.0. The molecule has 2 fully saturated rings. The fourth-order valence-electron chi connectivity index (χ4n) is 3.10. The summed E-state index contributed by atoms with van der Waals surface area (Å²) in [6, 6.07) is 0. The molecule has 1 aromatic rings. The third-order valence-electron chi connectivity index (χ3n) is 4.39. The second kappa shape index (κ2) is 5.62. The van der Waals surface area contributed by atoms with Crippen LogP contribution in [0.3, 0.4) is 0 Å². The van der Waals surface area contributed by atoms with Crippen molar-refractivity contribution >= 4 is 12.0 Å². The van der Waals surface area contributed by atoms with Crippen molar-refractivity contribution < 1.29 is 18.7 Å². The zero-order valence-electron chi connectivity index (χ0n) is 13.0. The van der Waals surface area contributed by atoms with Crippen LogP contribution in [0.5, 0.6) is 0 Å². The summed E-state index contributed by atoms with van der Waals surface area (Å²) in [6.07, 6.45) is 2.52. The second-order valence-corrected chi connectivity index (χ2v) is 5.95. The predicted octanol–water partition coefficient (Wildman–Crippen LogP) is 1.65. The Morgan fingerprint density at radius 3 is 2.86 bits per heavy atom. The number of carbonyl (C=O) groups is 2. The highest BCUT2D eigenvalue weighted by atomic mass is 16.6. The zero-order chi connectivity index (χ0) is 15.7. The van der Waals surface area contributed by atoms with Crippen molar-refractivity contribution in [2.24, 2.45) is 0 Å². The van der Waals surface area contributed by atoms with Gasteiger partial charge in [-0.2, -0.15) is 0 Å². The van der Waals surface area contributed by atoms with Gasteiger partial charge >= 0.3 is 6.09 Å². The van der Waals surface area contributed by atoms with Gasteiger partial charge in [-0.3, -0.25) is 4.79 Å². The lowest BCUT2D eigenvalue weighted by Gasteiger charge is -2.24. The Bertz CT molecular complexity index is 598. The number of aryl methyl sites for hydroxylation is 2. The molecule has 1 N–H and O–H groups in total. The lowest BCUT2D eigenvalue weighted by Crippen LogP contribution is -2.36. The van der Waals surface area contributed by atoms with Crippen LogP contribution in [-0.4, -0.2) is 47.1 Å². The van der Waals surface area contributed by atoms with Crippen molar-refractivity contribution in [1.82, 2.24) is 15.2 Å². The molecule has 1 atom stereocenters. The third-order valence-corrected chi connectivity index (χ3v) is 4.39. The first-order valence-corrected chi connectivity index (χ1v) is 7.75. The van der Waals surface area contributed by atoms with Crippen LogP contribution in [0.15, 0.2) is 4.42 Å². The molecule has 3 heterocycles. The average Bonchev–Trinajstić information content (AvgIpc) is 2.97.